The van der Waals surface area contributed by atoms with Crippen LogP contribution in [0.3, 0.4) is 0 Å². The lowest BCUT2D eigenvalue weighted by molar-refractivity contribution is 0.307. The molecule has 0 radical (unpaired) electrons. The van der Waals surface area contributed by atoms with Crippen molar-refractivity contribution in [2.45, 2.75) is 6.54 Å². The summed E-state index contributed by atoms with van der Waals surface area (Å²) in [5.74, 6) is 0.929. The van der Waals surface area contributed by atoms with Crippen LogP contribution in [0.25, 0.3) is 0 Å². The monoisotopic (exact) mass is 293 g/mol. The molecule has 0 N–H and O–H groups in total. The number of benzene rings is 2. The number of para-hydroxylation sites is 2. The second-order valence-electron chi connectivity index (χ2n) is 4.47. The second kappa shape index (κ2) is 5.32. The molecule has 0 aromatic heterocycles. The summed E-state index contributed by atoms with van der Waals surface area (Å²) in [4.78, 5) is 2.27. The summed E-state index contributed by atoms with van der Waals surface area (Å²) < 4.78 is 5.64. The molecule has 0 atom stereocenters. The van der Waals surface area contributed by atoms with Gasteiger partial charge in [-0.3, -0.25) is 0 Å². The third kappa shape index (κ3) is 2.65. The highest BCUT2D eigenvalue weighted by Crippen LogP contribution is 2.33. The highest BCUT2D eigenvalue weighted by atomic mass is 35.5. The van der Waals surface area contributed by atoms with Crippen molar-refractivity contribution in [1.82, 2.24) is 0 Å². The Kier molecular flexibility index (Phi) is 3.54. The summed E-state index contributed by atoms with van der Waals surface area (Å²) in [5.41, 5.74) is 2.18. The van der Waals surface area contributed by atoms with Crippen LogP contribution in [0.2, 0.25) is 10.0 Å². The molecule has 2 aromatic rings. The predicted octanol–water partition coefficient (Wildman–Crippen LogP) is 4.39. The van der Waals surface area contributed by atoms with Gasteiger partial charge in [0.05, 0.1) is 12.2 Å². The van der Waals surface area contributed by atoms with E-state index in [0.29, 0.717) is 16.7 Å². The first-order chi connectivity index (χ1) is 9.24. The Morgan fingerprint density at radius 2 is 1.95 bits per heavy atom. The molecular weight excluding hydrogens is 281 g/mol. The third-order valence-electron chi connectivity index (χ3n) is 3.20. The summed E-state index contributed by atoms with van der Waals surface area (Å²) in [6.07, 6.45) is 0. The Bertz CT molecular complexity index is 600. The molecule has 0 saturated carbocycles. The van der Waals surface area contributed by atoms with Gasteiger partial charge in [0.2, 0.25) is 0 Å². The maximum Gasteiger partial charge on any atom is 0.142 e. The zero-order valence-electron chi connectivity index (χ0n) is 10.3. The molecule has 2 nitrogen and oxygen atoms in total. The van der Waals surface area contributed by atoms with Crippen molar-refractivity contribution in [3.05, 3.63) is 58.1 Å². The summed E-state index contributed by atoms with van der Waals surface area (Å²) in [7, 11) is 0. The van der Waals surface area contributed by atoms with Crippen molar-refractivity contribution in [3.8, 4) is 5.75 Å². The molecule has 98 valence electrons. The lowest BCUT2D eigenvalue weighted by Crippen LogP contribution is -2.32. The van der Waals surface area contributed by atoms with Gasteiger partial charge in [-0.1, -0.05) is 41.4 Å². The molecule has 0 bridgehead atoms. The summed E-state index contributed by atoms with van der Waals surface area (Å²) >= 11 is 12.2. The van der Waals surface area contributed by atoms with Gasteiger partial charge >= 0.3 is 0 Å². The lowest BCUT2D eigenvalue weighted by Gasteiger charge is -2.31. The molecule has 0 amide bonds. The topological polar surface area (TPSA) is 12.5 Å². The van der Waals surface area contributed by atoms with Gasteiger partial charge in [-0.25, -0.2) is 0 Å². The number of hydrogen-bond donors (Lipinski definition) is 0. The molecule has 0 unspecified atom stereocenters. The van der Waals surface area contributed by atoms with Gasteiger partial charge in [0, 0.05) is 16.6 Å². The second-order valence-corrected chi connectivity index (χ2v) is 5.32. The van der Waals surface area contributed by atoms with E-state index in [9.17, 15) is 0 Å². The van der Waals surface area contributed by atoms with E-state index in [2.05, 4.69) is 11.0 Å². The van der Waals surface area contributed by atoms with Gasteiger partial charge in [-0.05, 0) is 29.8 Å². The number of halogens is 2. The van der Waals surface area contributed by atoms with Crippen molar-refractivity contribution in [2.75, 3.05) is 18.1 Å². The fourth-order valence-corrected chi connectivity index (χ4v) is 2.71. The number of anilines is 1. The van der Waals surface area contributed by atoms with Gasteiger partial charge < -0.3 is 9.64 Å². The Balaban J connectivity index is 1.88. The smallest absolute Gasteiger partial charge is 0.142 e. The van der Waals surface area contributed by atoms with Gasteiger partial charge in [0.15, 0.2) is 0 Å². The van der Waals surface area contributed by atoms with E-state index in [0.717, 1.165) is 30.1 Å². The largest absolute Gasteiger partial charge is 0.490 e. The Labute approximate surface area is 122 Å². The first kappa shape index (κ1) is 12.6. The van der Waals surface area contributed by atoms with Crippen LogP contribution in [0, 0.1) is 0 Å². The van der Waals surface area contributed by atoms with Crippen LogP contribution in [-0.4, -0.2) is 13.2 Å². The highest BCUT2D eigenvalue weighted by Gasteiger charge is 2.18. The standard InChI is InChI=1S/C15H13Cl2NO/c16-12-6-5-11(13(17)9-12)10-18-7-8-19-15-4-2-1-3-14(15)18/h1-6,9H,7-8,10H2. The average molecular weight is 294 g/mol. The number of nitrogens with zero attached hydrogens (tertiary/aromatic N) is 1. The van der Waals surface area contributed by atoms with Crippen molar-refractivity contribution in [3.63, 3.8) is 0 Å². The fraction of sp³-hybridized carbons (Fsp3) is 0.200. The number of rotatable bonds is 2. The van der Waals surface area contributed by atoms with E-state index in [1.807, 2.05) is 30.3 Å². The molecule has 0 saturated heterocycles. The fourth-order valence-electron chi connectivity index (χ4n) is 2.25. The molecule has 0 spiro atoms. The van der Waals surface area contributed by atoms with Crippen molar-refractivity contribution in [2.24, 2.45) is 0 Å². The Morgan fingerprint density at radius 3 is 2.79 bits per heavy atom. The van der Waals surface area contributed by atoms with Crippen LogP contribution in [0.15, 0.2) is 42.5 Å². The summed E-state index contributed by atoms with van der Waals surface area (Å²) in [5, 5.41) is 1.37. The van der Waals surface area contributed by atoms with E-state index in [-0.39, 0.29) is 0 Å². The maximum absolute atomic E-state index is 6.23. The molecule has 3 rings (SSSR count). The van der Waals surface area contributed by atoms with Crippen molar-refractivity contribution < 1.29 is 4.74 Å². The van der Waals surface area contributed by atoms with Crippen LogP contribution >= 0.6 is 23.2 Å². The minimum Gasteiger partial charge on any atom is -0.490 e. The molecule has 4 heteroatoms. The minimum absolute atomic E-state index is 0.663. The average Bonchev–Trinajstić information content (AvgIpc) is 2.42. The van der Waals surface area contributed by atoms with Crippen LogP contribution in [0.5, 0.6) is 5.75 Å². The molecule has 0 fully saturated rings. The number of hydrogen-bond acceptors (Lipinski definition) is 2. The molecule has 1 heterocycles. The SMILES string of the molecule is Clc1ccc(CN2CCOc3ccccc32)c(Cl)c1. The molecule has 2 aromatic carbocycles. The van der Waals surface area contributed by atoms with E-state index >= 15 is 0 Å². The van der Waals surface area contributed by atoms with Crippen LogP contribution < -0.4 is 9.64 Å². The van der Waals surface area contributed by atoms with Gasteiger partial charge in [0.1, 0.15) is 12.4 Å². The van der Waals surface area contributed by atoms with Gasteiger partial charge in [-0.2, -0.15) is 0 Å². The van der Waals surface area contributed by atoms with E-state index < -0.39 is 0 Å². The molecule has 19 heavy (non-hydrogen) atoms. The van der Waals surface area contributed by atoms with Gasteiger partial charge in [-0.15, -0.1) is 0 Å². The molecule has 1 aliphatic rings. The molecule has 1 aliphatic heterocycles. The molecular formula is C15H13Cl2NO. The van der Waals surface area contributed by atoms with E-state index in [1.54, 1.807) is 6.07 Å². The Morgan fingerprint density at radius 1 is 1.11 bits per heavy atom. The maximum atomic E-state index is 6.23. The summed E-state index contributed by atoms with van der Waals surface area (Å²) in [6.45, 7) is 2.31. The Hall–Kier alpha value is -1.38. The van der Waals surface area contributed by atoms with Crippen LogP contribution in [-0.2, 0) is 6.54 Å². The van der Waals surface area contributed by atoms with Crippen molar-refractivity contribution >= 4 is 28.9 Å². The van der Waals surface area contributed by atoms with E-state index in [1.165, 1.54) is 0 Å². The first-order valence-corrected chi connectivity index (χ1v) is 6.90. The van der Waals surface area contributed by atoms with Gasteiger partial charge in [0.25, 0.3) is 0 Å². The van der Waals surface area contributed by atoms with Crippen molar-refractivity contribution in [1.29, 1.82) is 0 Å². The van der Waals surface area contributed by atoms with Crippen LogP contribution in [0.1, 0.15) is 5.56 Å². The minimum atomic E-state index is 0.663. The molecule has 0 aliphatic carbocycles. The predicted molar refractivity (Wildman–Crippen MR) is 79.4 cm³/mol. The number of fused-ring (bicyclic) bond motifs is 1. The van der Waals surface area contributed by atoms with E-state index in [4.69, 9.17) is 27.9 Å². The highest BCUT2D eigenvalue weighted by molar-refractivity contribution is 6.35. The lowest BCUT2D eigenvalue weighted by atomic mass is 10.1. The van der Waals surface area contributed by atoms with Crippen LogP contribution in [0.4, 0.5) is 5.69 Å². The first-order valence-electron chi connectivity index (χ1n) is 6.15. The quantitative estimate of drug-likeness (QED) is 0.814. The normalized spacial score (nSPS) is 13.9. The zero-order valence-corrected chi connectivity index (χ0v) is 11.8. The summed E-state index contributed by atoms with van der Waals surface area (Å²) in [6, 6.07) is 13.7. The number of ether oxygens (including phenoxy) is 1. The zero-order chi connectivity index (χ0) is 13.2. The third-order valence-corrected chi connectivity index (χ3v) is 3.79.